The highest BCUT2D eigenvalue weighted by Gasteiger charge is 2.16. The molecule has 0 fully saturated rings. The van der Waals surface area contributed by atoms with Gasteiger partial charge in [-0.25, -0.2) is 9.59 Å². The van der Waals surface area contributed by atoms with E-state index in [9.17, 15) is 19.6 Å². The first kappa shape index (κ1) is 18.5. The Bertz CT molecular complexity index is 1090. The molecule has 7 nitrogen and oxygen atoms in total. The number of pyridine rings is 1. The average Bonchev–Trinajstić information content (AvgIpc) is 2.74. The zero-order chi connectivity index (χ0) is 19.9. The molecular weight excluding hydrogens is 360 g/mol. The summed E-state index contributed by atoms with van der Waals surface area (Å²) in [6, 6.07) is 18.6. The summed E-state index contributed by atoms with van der Waals surface area (Å²) in [5, 5.41) is 9.20. The minimum absolute atomic E-state index is 0.0144. The van der Waals surface area contributed by atoms with Gasteiger partial charge in [0.2, 0.25) is 11.8 Å². The standard InChI is InChI=1S/C21H12N2O5/c22-12-17-9-10-18(27-20(25)15-6-2-1-3-7-15)23-19(17)28-21(26)16-8-4-5-14(11-16)13-24/h1-11,13H. The fourth-order valence-electron chi connectivity index (χ4n) is 2.26. The second-order valence-electron chi connectivity index (χ2n) is 5.50. The molecule has 0 aliphatic heterocycles. The number of aldehydes is 1. The second-order valence-corrected chi connectivity index (χ2v) is 5.50. The zero-order valence-electron chi connectivity index (χ0n) is 14.4. The number of rotatable bonds is 5. The van der Waals surface area contributed by atoms with Gasteiger partial charge in [-0.3, -0.25) is 4.79 Å². The molecule has 0 aliphatic carbocycles. The molecule has 136 valence electrons. The number of nitriles is 1. The monoisotopic (exact) mass is 372 g/mol. The molecule has 7 heteroatoms. The van der Waals surface area contributed by atoms with Crippen molar-refractivity contribution in [1.29, 1.82) is 5.26 Å². The Balaban J connectivity index is 1.83. The van der Waals surface area contributed by atoms with Crippen molar-refractivity contribution in [2.75, 3.05) is 0 Å². The number of ether oxygens (including phenoxy) is 2. The van der Waals surface area contributed by atoms with E-state index in [2.05, 4.69) is 4.98 Å². The van der Waals surface area contributed by atoms with Crippen LogP contribution < -0.4 is 9.47 Å². The Hall–Kier alpha value is -4.31. The predicted molar refractivity (Wildman–Crippen MR) is 97.1 cm³/mol. The first-order valence-electron chi connectivity index (χ1n) is 8.06. The van der Waals surface area contributed by atoms with Crippen LogP contribution >= 0.6 is 0 Å². The molecule has 0 atom stereocenters. The van der Waals surface area contributed by atoms with E-state index in [1.165, 1.54) is 36.4 Å². The second kappa shape index (κ2) is 8.38. The molecule has 1 heterocycles. The molecule has 0 amide bonds. The number of esters is 2. The molecule has 0 aliphatic rings. The summed E-state index contributed by atoms with van der Waals surface area (Å²) in [4.78, 5) is 39.2. The number of benzene rings is 2. The van der Waals surface area contributed by atoms with Crippen molar-refractivity contribution in [2.24, 2.45) is 0 Å². The number of carbonyl (C=O) groups is 3. The van der Waals surface area contributed by atoms with Gasteiger partial charge in [0.15, 0.2) is 0 Å². The Labute approximate surface area is 159 Å². The Morgan fingerprint density at radius 1 is 0.893 bits per heavy atom. The number of nitrogens with zero attached hydrogens (tertiary/aromatic N) is 2. The lowest BCUT2D eigenvalue weighted by Crippen LogP contribution is -2.13. The largest absolute Gasteiger partial charge is 0.404 e. The van der Waals surface area contributed by atoms with E-state index in [0.29, 0.717) is 17.4 Å². The molecular formula is C21H12N2O5. The lowest BCUT2D eigenvalue weighted by atomic mass is 10.1. The van der Waals surface area contributed by atoms with Gasteiger partial charge >= 0.3 is 11.9 Å². The van der Waals surface area contributed by atoms with E-state index >= 15 is 0 Å². The highest BCUT2D eigenvalue weighted by atomic mass is 16.6. The molecule has 2 aromatic carbocycles. The number of hydrogen-bond acceptors (Lipinski definition) is 7. The van der Waals surface area contributed by atoms with Gasteiger partial charge in [-0.05, 0) is 30.3 Å². The summed E-state index contributed by atoms with van der Waals surface area (Å²) in [6.45, 7) is 0. The molecule has 0 unspecified atom stereocenters. The molecule has 0 bridgehead atoms. The van der Waals surface area contributed by atoms with E-state index in [0.717, 1.165) is 0 Å². The van der Waals surface area contributed by atoms with Crippen LogP contribution in [0.3, 0.4) is 0 Å². The molecule has 0 N–H and O–H groups in total. The van der Waals surface area contributed by atoms with E-state index in [-0.39, 0.29) is 22.9 Å². The molecule has 0 saturated carbocycles. The Morgan fingerprint density at radius 3 is 2.32 bits per heavy atom. The van der Waals surface area contributed by atoms with Crippen molar-refractivity contribution in [3.63, 3.8) is 0 Å². The van der Waals surface area contributed by atoms with Crippen LogP contribution in [0.4, 0.5) is 0 Å². The normalized spacial score (nSPS) is 9.82. The van der Waals surface area contributed by atoms with Gasteiger partial charge in [0, 0.05) is 11.6 Å². The maximum absolute atomic E-state index is 12.3. The van der Waals surface area contributed by atoms with Crippen molar-refractivity contribution in [2.45, 2.75) is 0 Å². The van der Waals surface area contributed by atoms with E-state index in [4.69, 9.17) is 9.47 Å². The maximum Gasteiger partial charge on any atom is 0.344 e. The van der Waals surface area contributed by atoms with Crippen LogP contribution in [0, 0.1) is 11.3 Å². The summed E-state index contributed by atoms with van der Waals surface area (Å²) >= 11 is 0. The van der Waals surface area contributed by atoms with Crippen molar-refractivity contribution < 1.29 is 23.9 Å². The highest BCUT2D eigenvalue weighted by molar-refractivity contribution is 5.93. The van der Waals surface area contributed by atoms with Gasteiger partial charge in [0.05, 0.1) is 11.1 Å². The zero-order valence-corrected chi connectivity index (χ0v) is 14.4. The van der Waals surface area contributed by atoms with Gasteiger partial charge in [0.1, 0.15) is 17.9 Å². The average molecular weight is 372 g/mol. The van der Waals surface area contributed by atoms with Crippen molar-refractivity contribution in [1.82, 2.24) is 4.98 Å². The summed E-state index contributed by atoms with van der Waals surface area (Å²) in [6.07, 6.45) is 0.597. The number of aromatic nitrogens is 1. The van der Waals surface area contributed by atoms with E-state index in [1.807, 2.05) is 6.07 Å². The van der Waals surface area contributed by atoms with Gasteiger partial charge in [-0.15, -0.1) is 0 Å². The maximum atomic E-state index is 12.3. The lowest BCUT2D eigenvalue weighted by molar-refractivity contribution is 0.0717. The van der Waals surface area contributed by atoms with Crippen LogP contribution in [0.5, 0.6) is 11.8 Å². The SMILES string of the molecule is N#Cc1ccc(OC(=O)c2ccccc2)nc1OC(=O)c1cccc(C=O)c1. The van der Waals surface area contributed by atoms with E-state index in [1.54, 1.807) is 30.3 Å². The number of hydrogen-bond donors (Lipinski definition) is 0. The molecule has 28 heavy (non-hydrogen) atoms. The summed E-state index contributed by atoms with van der Waals surface area (Å²) in [5.41, 5.74) is 0.715. The van der Waals surface area contributed by atoms with E-state index < -0.39 is 11.9 Å². The minimum atomic E-state index is -0.806. The van der Waals surface area contributed by atoms with Gasteiger partial charge in [0.25, 0.3) is 0 Å². The summed E-state index contributed by atoms with van der Waals surface area (Å²) in [5.74, 6) is -1.88. The Morgan fingerprint density at radius 2 is 1.61 bits per heavy atom. The molecule has 0 saturated heterocycles. The fraction of sp³-hybridized carbons (Fsp3) is 0. The molecule has 0 spiro atoms. The van der Waals surface area contributed by atoms with Crippen LogP contribution in [0.15, 0.2) is 66.7 Å². The third kappa shape index (κ3) is 4.26. The smallest absolute Gasteiger partial charge is 0.344 e. The van der Waals surface area contributed by atoms with Crippen LogP contribution in [0.2, 0.25) is 0 Å². The van der Waals surface area contributed by atoms with Crippen molar-refractivity contribution in [3.8, 4) is 17.8 Å². The predicted octanol–water partition coefficient (Wildman–Crippen LogP) is 3.20. The van der Waals surface area contributed by atoms with Crippen molar-refractivity contribution in [3.05, 3.63) is 89.0 Å². The first-order valence-corrected chi connectivity index (χ1v) is 8.06. The molecule has 3 aromatic rings. The molecule has 0 radical (unpaired) electrons. The van der Waals surface area contributed by atoms with Gasteiger partial charge < -0.3 is 9.47 Å². The van der Waals surface area contributed by atoms with Gasteiger partial charge in [-0.2, -0.15) is 10.2 Å². The van der Waals surface area contributed by atoms with Gasteiger partial charge in [-0.1, -0.05) is 30.3 Å². The summed E-state index contributed by atoms with van der Waals surface area (Å²) < 4.78 is 10.3. The third-order valence-corrected chi connectivity index (χ3v) is 3.61. The lowest BCUT2D eigenvalue weighted by Gasteiger charge is -2.08. The minimum Gasteiger partial charge on any atom is -0.404 e. The number of carbonyl (C=O) groups excluding carboxylic acids is 3. The molecule has 1 aromatic heterocycles. The fourth-order valence-corrected chi connectivity index (χ4v) is 2.26. The topological polar surface area (TPSA) is 106 Å². The van der Waals surface area contributed by atoms with Crippen LogP contribution in [-0.4, -0.2) is 23.2 Å². The highest BCUT2D eigenvalue weighted by Crippen LogP contribution is 2.21. The summed E-state index contributed by atoms with van der Waals surface area (Å²) in [7, 11) is 0. The van der Waals surface area contributed by atoms with Crippen LogP contribution in [-0.2, 0) is 0 Å². The van der Waals surface area contributed by atoms with Crippen LogP contribution in [0.25, 0.3) is 0 Å². The third-order valence-electron chi connectivity index (χ3n) is 3.61. The Kier molecular flexibility index (Phi) is 5.53. The van der Waals surface area contributed by atoms with Crippen LogP contribution in [0.1, 0.15) is 36.6 Å². The first-order chi connectivity index (χ1) is 13.6. The van der Waals surface area contributed by atoms with Crippen molar-refractivity contribution >= 4 is 18.2 Å². The molecule has 3 rings (SSSR count). The quantitative estimate of drug-likeness (QED) is 0.500.